The van der Waals surface area contributed by atoms with Crippen LogP contribution in [0.5, 0.6) is 0 Å². The summed E-state index contributed by atoms with van der Waals surface area (Å²) in [7, 11) is 1.75. The highest BCUT2D eigenvalue weighted by atomic mass is 16.5. The minimum atomic E-state index is -0.540. The average molecular weight is 186 g/mol. The maximum Gasteiger partial charge on any atom is 0.403 e. The molecule has 0 heterocycles. The average Bonchev–Trinajstić information content (AvgIpc) is 2.05. The van der Waals surface area contributed by atoms with E-state index in [2.05, 4.69) is 10.1 Å². The van der Waals surface area contributed by atoms with Gasteiger partial charge in [-0.05, 0) is 14.0 Å². The number of nitrogens with two attached hydrogens (primary N) is 2. The topological polar surface area (TPSA) is 89.9 Å². The third-order valence-electron chi connectivity index (χ3n) is 1.23. The molecule has 5 N–H and O–H groups in total. The fraction of sp³-hybridized carbons (Fsp3) is 0.500. The summed E-state index contributed by atoms with van der Waals surface area (Å²) in [6.45, 7) is 2.51. The summed E-state index contributed by atoms with van der Waals surface area (Å²) in [4.78, 5) is 11.0. The first-order valence-corrected chi connectivity index (χ1v) is 4.02. The Morgan fingerprint density at radius 1 is 1.69 bits per heavy atom. The van der Waals surface area contributed by atoms with Crippen LogP contribution in [0, 0.1) is 0 Å². The highest BCUT2D eigenvalue weighted by molar-refractivity contribution is 6.38. The second-order valence-electron chi connectivity index (χ2n) is 2.43. The Morgan fingerprint density at radius 2 is 2.31 bits per heavy atom. The number of likely N-dealkylation sites (N-methyl/N-ethyl adjacent to an activating group) is 1. The second kappa shape index (κ2) is 6.19. The first kappa shape index (κ1) is 11.6. The lowest BCUT2D eigenvalue weighted by molar-refractivity contribution is -0.151. The summed E-state index contributed by atoms with van der Waals surface area (Å²) in [5, 5.41) is 8.22. The Morgan fingerprint density at radius 3 is 2.77 bits per heavy atom. The SMILES string of the molecule is CCOC(=O)C(=[NH2+])C=C(N)CNC. The fourth-order valence-electron chi connectivity index (χ4n) is 0.728. The van der Waals surface area contributed by atoms with Crippen LogP contribution < -0.4 is 16.5 Å². The van der Waals surface area contributed by atoms with Gasteiger partial charge in [0.25, 0.3) is 5.71 Å². The van der Waals surface area contributed by atoms with Gasteiger partial charge in [0.1, 0.15) is 0 Å². The van der Waals surface area contributed by atoms with E-state index in [0.717, 1.165) is 0 Å². The Bertz CT molecular complexity index is 223. The number of hydrogen-bond donors (Lipinski definition) is 3. The maximum absolute atomic E-state index is 11.0. The van der Waals surface area contributed by atoms with E-state index in [4.69, 9.17) is 11.1 Å². The Hall–Kier alpha value is -1.36. The van der Waals surface area contributed by atoms with Crippen LogP contribution in [0.4, 0.5) is 0 Å². The monoisotopic (exact) mass is 186 g/mol. The smallest absolute Gasteiger partial charge is 0.403 e. The quantitative estimate of drug-likeness (QED) is 0.336. The molecule has 5 nitrogen and oxygen atoms in total. The summed E-state index contributed by atoms with van der Waals surface area (Å²) < 4.78 is 4.66. The molecular weight excluding hydrogens is 170 g/mol. The molecule has 74 valence electrons. The van der Waals surface area contributed by atoms with Gasteiger partial charge in [0.15, 0.2) is 0 Å². The van der Waals surface area contributed by atoms with E-state index in [1.807, 2.05) is 0 Å². The minimum Gasteiger partial charge on any atom is -0.458 e. The van der Waals surface area contributed by atoms with E-state index >= 15 is 0 Å². The minimum absolute atomic E-state index is 0.0228. The van der Waals surface area contributed by atoms with Crippen molar-refractivity contribution in [1.29, 1.82) is 0 Å². The maximum atomic E-state index is 11.0. The molecule has 0 saturated heterocycles. The van der Waals surface area contributed by atoms with Crippen molar-refractivity contribution < 1.29 is 14.9 Å². The van der Waals surface area contributed by atoms with Crippen LogP contribution >= 0.6 is 0 Å². The van der Waals surface area contributed by atoms with E-state index in [-0.39, 0.29) is 5.71 Å². The van der Waals surface area contributed by atoms with Crippen molar-refractivity contribution in [2.24, 2.45) is 5.73 Å². The number of rotatable bonds is 5. The van der Waals surface area contributed by atoms with Crippen molar-refractivity contribution in [2.45, 2.75) is 6.92 Å². The van der Waals surface area contributed by atoms with Crippen LogP contribution in [0.25, 0.3) is 0 Å². The molecule has 0 aromatic rings. The summed E-state index contributed by atoms with van der Waals surface area (Å²) in [6.07, 6.45) is 1.40. The lowest BCUT2D eigenvalue weighted by atomic mass is 10.3. The normalized spacial score (nSPS) is 11.1. The van der Waals surface area contributed by atoms with Crippen molar-refractivity contribution in [3.63, 3.8) is 0 Å². The molecule has 0 spiro atoms. The Balaban J connectivity index is 4.12. The zero-order chi connectivity index (χ0) is 10.3. The van der Waals surface area contributed by atoms with Crippen molar-refractivity contribution >= 4 is 11.7 Å². The van der Waals surface area contributed by atoms with Crippen molar-refractivity contribution in [2.75, 3.05) is 20.2 Å². The molecule has 0 radical (unpaired) electrons. The number of ether oxygens (including phenoxy) is 1. The molecule has 5 heteroatoms. The van der Waals surface area contributed by atoms with Crippen LogP contribution in [0.1, 0.15) is 6.92 Å². The van der Waals surface area contributed by atoms with Gasteiger partial charge in [0.2, 0.25) is 0 Å². The summed E-state index contributed by atoms with van der Waals surface area (Å²) >= 11 is 0. The fourth-order valence-corrected chi connectivity index (χ4v) is 0.728. The van der Waals surface area contributed by atoms with Crippen LogP contribution in [0.15, 0.2) is 11.8 Å². The highest BCUT2D eigenvalue weighted by Gasteiger charge is 2.13. The van der Waals surface area contributed by atoms with Gasteiger partial charge in [0.05, 0.1) is 6.61 Å². The van der Waals surface area contributed by atoms with Crippen molar-refractivity contribution in [3.05, 3.63) is 11.8 Å². The van der Waals surface area contributed by atoms with E-state index in [1.54, 1.807) is 14.0 Å². The Kier molecular flexibility index (Phi) is 5.54. The van der Waals surface area contributed by atoms with Gasteiger partial charge in [-0.2, -0.15) is 0 Å². The van der Waals surface area contributed by atoms with Gasteiger partial charge >= 0.3 is 5.97 Å². The van der Waals surface area contributed by atoms with Gasteiger partial charge in [-0.25, -0.2) is 10.2 Å². The van der Waals surface area contributed by atoms with Gasteiger partial charge in [0, 0.05) is 18.3 Å². The molecule has 13 heavy (non-hydrogen) atoms. The van der Waals surface area contributed by atoms with Crippen molar-refractivity contribution in [1.82, 2.24) is 5.32 Å². The predicted octanol–water partition coefficient (Wildman–Crippen LogP) is -2.19. The largest absolute Gasteiger partial charge is 0.458 e. The molecule has 0 rings (SSSR count). The number of nitrogens with one attached hydrogen (secondary N) is 1. The molecule has 0 atom stereocenters. The lowest BCUT2D eigenvalue weighted by Gasteiger charge is -1.98. The van der Waals surface area contributed by atoms with Gasteiger partial charge < -0.3 is 15.8 Å². The third kappa shape index (κ3) is 4.97. The molecule has 0 bridgehead atoms. The number of carbonyl (C=O) groups is 1. The van der Waals surface area contributed by atoms with E-state index in [0.29, 0.717) is 18.8 Å². The molecule has 0 fully saturated rings. The van der Waals surface area contributed by atoms with Crippen LogP contribution in [0.3, 0.4) is 0 Å². The highest BCUT2D eigenvalue weighted by Crippen LogP contribution is 1.85. The molecule has 0 aromatic heterocycles. The molecular formula is C8H16N3O2+. The number of esters is 1. The van der Waals surface area contributed by atoms with Gasteiger partial charge in [-0.1, -0.05) is 0 Å². The van der Waals surface area contributed by atoms with Gasteiger partial charge in [-0.3, -0.25) is 0 Å². The second-order valence-corrected chi connectivity index (χ2v) is 2.43. The van der Waals surface area contributed by atoms with Crippen LogP contribution in [-0.4, -0.2) is 31.9 Å². The van der Waals surface area contributed by atoms with E-state index < -0.39 is 5.97 Å². The summed E-state index contributed by atoms with van der Waals surface area (Å²) in [6, 6.07) is 0. The summed E-state index contributed by atoms with van der Waals surface area (Å²) in [5.74, 6) is -0.540. The number of carbonyl (C=O) groups excluding carboxylic acids is 1. The number of hydrogen-bond acceptors (Lipinski definition) is 4. The summed E-state index contributed by atoms with van der Waals surface area (Å²) in [5.41, 5.74) is 6.03. The lowest BCUT2D eigenvalue weighted by Crippen LogP contribution is -2.45. The first-order chi connectivity index (χ1) is 6.11. The molecule has 0 saturated carbocycles. The zero-order valence-electron chi connectivity index (χ0n) is 7.96. The zero-order valence-corrected chi connectivity index (χ0v) is 7.96. The van der Waals surface area contributed by atoms with Gasteiger partial charge in [-0.15, -0.1) is 0 Å². The first-order valence-electron chi connectivity index (χ1n) is 4.02. The standard InChI is InChI=1S/C8H15N3O2/c1-3-13-8(12)7(10)4-6(9)5-11-2/h4,10-11H,3,5,9H2,1-2H3/p+1. The molecule has 0 aliphatic heterocycles. The molecule has 0 unspecified atom stereocenters. The predicted molar refractivity (Wildman–Crippen MR) is 49.8 cm³/mol. The van der Waals surface area contributed by atoms with E-state index in [9.17, 15) is 4.79 Å². The van der Waals surface area contributed by atoms with Crippen molar-refractivity contribution in [3.8, 4) is 0 Å². The molecule has 0 aliphatic rings. The molecule has 0 aromatic carbocycles. The molecule has 0 aliphatic carbocycles. The molecule has 0 amide bonds. The Labute approximate surface area is 77.5 Å². The third-order valence-corrected chi connectivity index (χ3v) is 1.23. The van der Waals surface area contributed by atoms with Crippen LogP contribution in [0.2, 0.25) is 0 Å². The van der Waals surface area contributed by atoms with E-state index in [1.165, 1.54) is 6.08 Å². The van der Waals surface area contributed by atoms with Crippen LogP contribution in [-0.2, 0) is 9.53 Å².